The van der Waals surface area contributed by atoms with Crippen molar-refractivity contribution in [3.05, 3.63) is 109 Å². The average molecular weight is 898 g/mol. The van der Waals surface area contributed by atoms with Crippen LogP contribution in [0.25, 0.3) is 0 Å². The van der Waals surface area contributed by atoms with Gasteiger partial charge in [-0.1, -0.05) is 162 Å². The van der Waals surface area contributed by atoms with Crippen molar-refractivity contribution in [1.82, 2.24) is 0 Å². The third kappa shape index (κ3) is 48.0. The molecule has 2 atom stereocenters. The van der Waals surface area contributed by atoms with Gasteiger partial charge in [0.2, 0.25) is 0 Å². The number of hydrogen-bond acceptors (Lipinski definition) is 8. The molecule has 0 aromatic carbocycles. The van der Waals surface area contributed by atoms with E-state index in [9.17, 15) is 19.0 Å². The second kappa shape index (κ2) is 43.9. The highest BCUT2D eigenvalue weighted by Gasteiger charge is 2.21. The number of carbonyl (C=O) groups is 2. The van der Waals surface area contributed by atoms with Gasteiger partial charge < -0.3 is 27.9 Å². The third-order valence-electron chi connectivity index (χ3n) is 9.53. The smallest absolute Gasteiger partial charge is 0.306 e. The predicted molar refractivity (Wildman–Crippen MR) is 263 cm³/mol. The van der Waals surface area contributed by atoms with Crippen LogP contribution in [0.2, 0.25) is 0 Å². The maximum Gasteiger partial charge on any atom is 0.306 e. The highest BCUT2D eigenvalue weighted by Crippen LogP contribution is 2.38. The zero-order valence-electron chi connectivity index (χ0n) is 40.2. The molecule has 9 nitrogen and oxygen atoms in total. The molecule has 63 heavy (non-hydrogen) atoms. The van der Waals surface area contributed by atoms with Crippen LogP contribution < -0.4 is 4.89 Å². The molecule has 0 N–H and O–H groups in total. The number of quaternary nitrogens is 1. The van der Waals surface area contributed by atoms with Crippen LogP contribution in [0.4, 0.5) is 0 Å². The molecule has 0 aromatic rings. The van der Waals surface area contributed by atoms with Crippen molar-refractivity contribution in [2.24, 2.45) is 0 Å². The van der Waals surface area contributed by atoms with Crippen LogP contribution in [0.15, 0.2) is 109 Å². The minimum atomic E-state index is -4.66. The van der Waals surface area contributed by atoms with Crippen LogP contribution in [0.1, 0.15) is 162 Å². The summed E-state index contributed by atoms with van der Waals surface area (Å²) in [5.41, 5.74) is 0. The SMILES string of the molecule is CC/C=C\C/C=C\C/C=C\C/C=C\C/C=C\C/C=C\C/C=C\CCCC(=O)OC(COC(=O)CCCCCCC/C=C\C/C=C\CCCCCC)COP(=O)([O-])OCC[N+](C)(C)C. The summed E-state index contributed by atoms with van der Waals surface area (Å²) in [5.74, 6) is -0.931. The number of ether oxygens (including phenoxy) is 2. The summed E-state index contributed by atoms with van der Waals surface area (Å²) in [6.07, 6.45) is 59.8. The molecule has 0 heterocycles. The number of esters is 2. The van der Waals surface area contributed by atoms with E-state index in [0.29, 0.717) is 30.3 Å². The molecule has 0 aliphatic heterocycles. The first-order valence-corrected chi connectivity index (χ1v) is 25.6. The van der Waals surface area contributed by atoms with Gasteiger partial charge in [-0.25, -0.2) is 0 Å². The van der Waals surface area contributed by atoms with Crippen LogP contribution in [-0.4, -0.2) is 70.0 Å². The molecule has 0 aromatic heterocycles. The Morgan fingerprint density at radius 3 is 1.40 bits per heavy atom. The van der Waals surface area contributed by atoms with E-state index in [4.69, 9.17) is 18.5 Å². The molecule has 2 unspecified atom stereocenters. The van der Waals surface area contributed by atoms with E-state index in [-0.39, 0.29) is 26.1 Å². The van der Waals surface area contributed by atoms with Crippen molar-refractivity contribution in [3.8, 4) is 0 Å². The van der Waals surface area contributed by atoms with Crippen molar-refractivity contribution in [2.75, 3.05) is 47.5 Å². The topological polar surface area (TPSA) is 111 Å². The number of likely N-dealkylation sites (N-methyl/N-ethyl adjacent to an activating group) is 1. The quantitative estimate of drug-likeness (QED) is 0.0196. The van der Waals surface area contributed by atoms with Gasteiger partial charge in [-0.2, -0.15) is 0 Å². The summed E-state index contributed by atoms with van der Waals surface area (Å²) in [4.78, 5) is 37.6. The first kappa shape index (κ1) is 59.7. The van der Waals surface area contributed by atoms with Crippen LogP contribution in [0, 0.1) is 0 Å². The standard InChI is InChI=1S/C53H88NO8P/c1-6-8-10-12-14-16-18-20-22-24-25-26-27-28-29-30-32-34-36-38-40-42-44-46-53(56)62-51(50-61-63(57,58)60-48-47-54(3,4)5)49-59-52(55)45-43-41-39-37-35-33-31-23-21-19-17-15-13-11-9-7-2/h8,10,14,16-17,19-20,22-23,25-26,28-29,31-32,34,38,40,51H,6-7,9,11-13,15,18,21,24,27,30,33,35-37,39,41-50H2,1-5H3/b10-8-,16-14-,19-17-,22-20-,26-25-,29-28-,31-23-,34-32-,40-38-. The van der Waals surface area contributed by atoms with Gasteiger partial charge >= 0.3 is 11.9 Å². The van der Waals surface area contributed by atoms with Gasteiger partial charge in [0.15, 0.2) is 6.10 Å². The summed E-state index contributed by atoms with van der Waals surface area (Å²) >= 11 is 0. The number of rotatable bonds is 42. The van der Waals surface area contributed by atoms with Crippen LogP contribution in [0.3, 0.4) is 0 Å². The van der Waals surface area contributed by atoms with Gasteiger partial charge in [-0.3, -0.25) is 14.2 Å². The van der Waals surface area contributed by atoms with Gasteiger partial charge in [-0.05, 0) is 96.3 Å². The summed E-state index contributed by atoms with van der Waals surface area (Å²) in [5, 5.41) is 0. The van der Waals surface area contributed by atoms with Gasteiger partial charge in [0.05, 0.1) is 27.7 Å². The average Bonchev–Trinajstić information content (AvgIpc) is 3.24. The second-order valence-corrected chi connectivity index (χ2v) is 18.1. The molecule has 0 saturated carbocycles. The summed E-state index contributed by atoms with van der Waals surface area (Å²) < 4.78 is 33.9. The highest BCUT2D eigenvalue weighted by atomic mass is 31.2. The van der Waals surface area contributed by atoms with E-state index in [1.54, 1.807) is 0 Å². The molecule has 0 saturated heterocycles. The lowest BCUT2D eigenvalue weighted by Gasteiger charge is -2.28. The minimum absolute atomic E-state index is 0.0507. The molecule has 0 radical (unpaired) electrons. The van der Waals surface area contributed by atoms with Gasteiger partial charge in [-0.15, -0.1) is 0 Å². The molecular weight excluding hydrogens is 810 g/mol. The zero-order chi connectivity index (χ0) is 46.4. The highest BCUT2D eigenvalue weighted by molar-refractivity contribution is 7.45. The monoisotopic (exact) mass is 898 g/mol. The molecule has 10 heteroatoms. The Labute approximate surface area is 385 Å². The lowest BCUT2D eigenvalue weighted by Crippen LogP contribution is -2.37. The molecule has 0 fully saturated rings. The number of nitrogens with zero attached hydrogens (tertiary/aromatic N) is 1. The molecule has 0 aliphatic carbocycles. The molecule has 0 rings (SSSR count). The lowest BCUT2D eigenvalue weighted by molar-refractivity contribution is -0.870. The van der Waals surface area contributed by atoms with E-state index in [1.807, 2.05) is 27.2 Å². The van der Waals surface area contributed by atoms with Crippen molar-refractivity contribution in [1.29, 1.82) is 0 Å². The van der Waals surface area contributed by atoms with Crippen LogP contribution in [0.5, 0.6) is 0 Å². The normalized spacial score (nSPS) is 14.4. The van der Waals surface area contributed by atoms with Gasteiger partial charge in [0.25, 0.3) is 7.82 Å². The number of phosphoric ester groups is 1. The molecular formula is C53H88NO8P. The maximum atomic E-state index is 12.7. The largest absolute Gasteiger partial charge is 0.756 e. The van der Waals surface area contributed by atoms with Gasteiger partial charge in [0, 0.05) is 12.8 Å². The third-order valence-corrected chi connectivity index (χ3v) is 10.5. The maximum absolute atomic E-state index is 12.7. The Morgan fingerprint density at radius 1 is 0.508 bits per heavy atom. The van der Waals surface area contributed by atoms with Crippen molar-refractivity contribution in [3.63, 3.8) is 0 Å². The van der Waals surface area contributed by atoms with E-state index >= 15 is 0 Å². The Hall–Kier alpha value is -3.33. The van der Waals surface area contributed by atoms with Crippen LogP contribution in [-0.2, 0) is 32.7 Å². The number of carbonyl (C=O) groups excluding carboxylic acids is 2. The molecule has 0 spiro atoms. The van der Waals surface area contributed by atoms with Crippen molar-refractivity contribution >= 4 is 19.8 Å². The fraction of sp³-hybridized carbons (Fsp3) is 0.623. The number of allylic oxidation sites excluding steroid dienone is 18. The summed E-state index contributed by atoms with van der Waals surface area (Å²) in [7, 11) is 1.10. The van der Waals surface area contributed by atoms with E-state index in [2.05, 4.69) is 117 Å². The van der Waals surface area contributed by atoms with Crippen molar-refractivity contribution < 1.29 is 42.1 Å². The molecule has 358 valence electrons. The number of unbranched alkanes of at least 4 members (excludes halogenated alkanes) is 10. The molecule has 0 bridgehead atoms. The Bertz CT molecular complexity index is 1430. The van der Waals surface area contributed by atoms with E-state index < -0.39 is 32.5 Å². The van der Waals surface area contributed by atoms with Gasteiger partial charge in [0.1, 0.15) is 19.8 Å². The second-order valence-electron chi connectivity index (χ2n) is 16.7. The predicted octanol–water partition coefficient (Wildman–Crippen LogP) is 13.7. The Balaban J connectivity index is 4.47. The fourth-order valence-electron chi connectivity index (χ4n) is 5.79. The Morgan fingerprint density at radius 2 is 0.921 bits per heavy atom. The van der Waals surface area contributed by atoms with E-state index in [0.717, 1.165) is 83.5 Å². The van der Waals surface area contributed by atoms with Crippen LogP contribution >= 0.6 is 7.82 Å². The first-order chi connectivity index (χ1) is 30.5. The van der Waals surface area contributed by atoms with Crippen molar-refractivity contribution in [2.45, 2.75) is 168 Å². The first-order valence-electron chi connectivity index (χ1n) is 24.1. The van der Waals surface area contributed by atoms with E-state index in [1.165, 1.54) is 32.1 Å². The summed E-state index contributed by atoms with van der Waals surface area (Å²) in [6, 6.07) is 0. The minimum Gasteiger partial charge on any atom is -0.756 e. The fourth-order valence-corrected chi connectivity index (χ4v) is 6.52. The summed E-state index contributed by atoms with van der Waals surface area (Å²) in [6.45, 7) is 3.99. The Kier molecular flexibility index (Phi) is 41.6. The molecule has 0 aliphatic rings. The number of hydrogen-bond donors (Lipinski definition) is 0. The lowest BCUT2D eigenvalue weighted by atomic mass is 10.1. The molecule has 0 amide bonds. The zero-order valence-corrected chi connectivity index (χ0v) is 41.1. The number of phosphoric acid groups is 1.